The lowest BCUT2D eigenvalue weighted by atomic mass is 9.99. The number of anilines is 9. The molecule has 0 N–H and O–H groups in total. The van der Waals surface area contributed by atoms with Gasteiger partial charge in [-0.05, 0) is 220 Å². The molecule has 0 unspecified atom stereocenters. The Morgan fingerprint density at radius 1 is 0.260 bits per heavy atom. The van der Waals surface area contributed by atoms with Gasteiger partial charge in [0.25, 0.3) is 0 Å². The summed E-state index contributed by atoms with van der Waals surface area (Å²) in [5.41, 5.74) is 15.3. The Kier molecular flexibility index (Phi) is 18.2. The summed E-state index contributed by atoms with van der Waals surface area (Å²) in [7, 11) is 0. The van der Waals surface area contributed by atoms with Crippen LogP contribution in [0.1, 0.15) is 41.5 Å². The molecule has 0 saturated carbocycles. The van der Waals surface area contributed by atoms with Gasteiger partial charge in [-0.25, -0.2) is 14.4 Å². The highest BCUT2D eigenvalue weighted by Gasteiger charge is 2.24. The minimum atomic E-state index is -0.400. The van der Waals surface area contributed by atoms with Crippen LogP contribution in [0.15, 0.2) is 301 Å². The van der Waals surface area contributed by atoms with E-state index in [4.69, 9.17) is 13.3 Å². The number of rotatable bonds is 21. The molecule has 512 valence electrons. The Morgan fingerprint density at radius 3 is 0.875 bits per heavy atom. The minimum absolute atomic E-state index is 0.369. The maximum atomic E-state index is 13.9. The molecule has 11 aromatic carbocycles. The van der Waals surface area contributed by atoms with Crippen molar-refractivity contribution in [3.05, 3.63) is 304 Å². The fraction of sp³-hybridized carbons (Fsp3) is 0.132. The monoisotopic (exact) mass is 1400 g/mol. The molecule has 5 heterocycles. The number of fused-ring (bicyclic) bond motifs is 5. The quantitative estimate of drug-likeness (QED) is 0.0642. The van der Waals surface area contributed by atoms with Crippen LogP contribution in [-0.2, 0) is 0 Å². The molecule has 0 bridgehead atoms. The predicted octanol–water partition coefficient (Wildman–Crippen LogP) is 23.9. The average molecular weight is 1400 g/mol. The molecule has 104 heavy (non-hydrogen) atoms. The number of thiophene rings is 2. The molecule has 0 aliphatic heterocycles. The fourth-order valence-corrected chi connectivity index (χ4v) is 16.9. The van der Waals surface area contributed by atoms with Gasteiger partial charge in [0.2, 0.25) is 0 Å². The molecule has 5 aromatic heterocycles. The van der Waals surface area contributed by atoms with Crippen molar-refractivity contribution in [1.29, 1.82) is 0 Å². The van der Waals surface area contributed by atoms with Crippen molar-refractivity contribution in [2.75, 3.05) is 63.8 Å². The number of benzene rings is 11. The van der Waals surface area contributed by atoms with Crippen LogP contribution in [0, 0.1) is 0 Å². The molecule has 0 radical (unpaired) electrons. The van der Waals surface area contributed by atoms with E-state index in [1.165, 1.54) is 14.6 Å². The van der Waals surface area contributed by atoms with Crippen molar-refractivity contribution in [2.45, 2.75) is 41.5 Å². The summed E-state index contributed by atoms with van der Waals surface area (Å²) in [6, 6.07) is 93.9. The van der Waals surface area contributed by atoms with Crippen molar-refractivity contribution >= 4 is 128 Å². The topological polar surface area (TPSA) is 107 Å². The van der Waals surface area contributed by atoms with Crippen LogP contribution in [0.2, 0.25) is 0 Å². The van der Waals surface area contributed by atoms with Gasteiger partial charge < -0.3 is 37.8 Å². The first-order valence-corrected chi connectivity index (χ1v) is 37.3. The molecule has 0 spiro atoms. The standard InChI is InChI=1S/C91H75N5O6S2/c1-7-92(8-2)68-41-32-61-52-77(89(97)100-82(61)55-68)58-26-35-65(36-27-58)95(64-20-14-13-15-21-64)80-46-44-75(71-22-16-18-24-73(71)80)85-48-50-87(103-85)88-51-49-86(104-88)76-45-47-81(74-25-19-17-23-72(74)76)96(66-37-28-59(29-38-66)78-53-62-33-42-69(93(9-3)10-4)56-83(62)101-90(78)98)67-39-30-60(31-40-67)79-54-63-34-43-70(94(11-5)12-6)57-84(63)102-91(79)99/h13-57H,7-12H2,1-6H3. The van der Waals surface area contributed by atoms with E-state index in [1.54, 1.807) is 22.7 Å². The zero-order chi connectivity index (χ0) is 71.1. The van der Waals surface area contributed by atoms with E-state index in [0.717, 1.165) is 161 Å². The van der Waals surface area contributed by atoms with Crippen LogP contribution >= 0.6 is 22.7 Å². The van der Waals surface area contributed by atoms with Crippen LogP contribution in [0.3, 0.4) is 0 Å². The first-order valence-electron chi connectivity index (χ1n) is 35.7. The molecule has 16 rings (SSSR count). The lowest BCUT2D eigenvalue weighted by Gasteiger charge is -2.28. The molecule has 11 nitrogen and oxygen atoms in total. The Balaban J connectivity index is 0.717. The molecule has 0 aliphatic carbocycles. The molecule has 0 aliphatic rings. The van der Waals surface area contributed by atoms with E-state index in [0.29, 0.717) is 33.4 Å². The van der Waals surface area contributed by atoms with E-state index < -0.39 is 11.3 Å². The Bertz CT molecular complexity index is 5910. The predicted molar refractivity (Wildman–Crippen MR) is 438 cm³/mol. The molecule has 0 amide bonds. The van der Waals surface area contributed by atoms with Gasteiger partial charge in [0, 0.05) is 144 Å². The highest BCUT2D eigenvalue weighted by molar-refractivity contribution is 7.25. The molecular formula is C91H75N5O6S2. The zero-order valence-electron chi connectivity index (χ0n) is 58.7. The van der Waals surface area contributed by atoms with Gasteiger partial charge in [0.15, 0.2) is 0 Å². The van der Waals surface area contributed by atoms with Crippen molar-refractivity contribution in [3.8, 4) is 64.0 Å². The number of nitrogens with zero attached hydrogens (tertiary/aromatic N) is 5. The lowest BCUT2D eigenvalue weighted by molar-refractivity contribution is 0.563. The third kappa shape index (κ3) is 12.5. The Labute approximate surface area is 611 Å². The average Bonchev–Trinajstić information content (AvgIpc) is 1.21. The zero-order valence-corrected chi connectivity index (χ0v) is 60.4. The van der Waals surface area contributed by atoms with E-state index in [-0.39, 0.29) is 5.63 Å². The summed E-state index contributed by atoms with van der Waals surface area (Å²) >= 11 is 3.58. The van der Waals surface area contributed by atoms with Gasteiger partial charge in [-0.3, -0.25) is 0 Å². The normalized spacial score (nSPS) is 11.5. The summed E-state index contributed by atoms with van der Waals surface area (Å²) in [6.07, 6.45) is 0. The SMILES string of the molecule is CCN(CC)c1ccc2cc(-c3ccc(N(c4ccccc4)c4ccc(-c5ccc(-c6ccc(-c7ccc(N(c8ccc(-c9cc%10ccc(N(CC)CC)cc%10oc9=O)cc8)c8ccc(-c9cc%10ccc(N(CC)CC)cc%10oc9=O)cc8)c8ccccc78)s6)s5)c5ccccc45)cc3)c(=O)oc2c1. The summed E-state index contributed by atoms with van der Waals surface area (Å²) in [6.45, 7) is 17.8. The second-order valence-corrected chi connectivity index (χ2v) is 28.0. The van der Waals surface area contributed by atoms with E-state index in [1.807, 2.05) is 97.1 Å². The third-order valence-electron chi connectivity index (χ3n) is 20.1. The van der Waals surface area contributed by atoms with Gasteiger partial charge in [0.05, 0.1) is 28.1 Å². The number of hydrogen-bond acceptors (Lipinski definition) is 13. The third-order valence-corrected chi connectivity index (χ3v) is 22.6. The van der Waals surface area contributed by atoms with Crippen LogP contribution in [0.5, 0.6) is 0 Å². The van der Waals surface area contributed by atoms with Crippen LogP contribution in [0.25, 0.3) is 118 Å². The van der Waals surface area contributed by atoms with E-state index in [9.17, 15) is 14.4 Å². The van der Waals surface area contributed by atoms with Gasteiger partial charge in [-0.15, -0.1) is 22.7 Å². The number of hydrogen-bond donors (Lipinski definition) is 0. The summed E-state index contributed by atoms with van der Waals surface area (Å²) < 4.78 is 18.0. The van der Waals surface area contributed by atoms with Crippen molar-refractivity contribution in [1.82, 2.24) is 0 Å². The summed E-state index contributed by atoms with van der Waals surface area (Å²) in [5, 5.41) is 6.95. The lowest BCUT2D eigenvalue weighted by Crippen LogP contribution is -2.21. The first-order chi connectivity index (χ1) is 51.0. The molecule has 13 heteroatoms. The fourth-order valence-electron chi connectivity index (χ4n) is 14.7. The van der Waals surface area contributed by atoms with Gasteiger partial charge in [-0.2, -0.15) is 0 Å². The molecule has 0 saturated heterocycles. The Morgan fingerprint density at radius 2 is 0.548 bits per heavy atom. The second kappa shape index (κ2) is 28.4. The molecule has 0 fully saturated rings. The second-order valence-electron chi connectivity index (χ2n) is 25.9. The summed E-state index contributed by atoms with van der Waals surface area (Å²) in [5.74, 6) is 0. The highest BCUT2D eigenvalue weighted by Crippen LogP contribution is 2.49. The number of para-hydroxylation sites is 1. The molecule has 0 atom stereocenters. The summed E-state index contributed by atoms with van der Waals surface area (Å²) in [4.78, 5) is 57.3. The maximum absolute atomic E-state index is 13.9. The van der Waals surface area contributed by atoms with Crippen LogP contribution in [-0.4, -0.2) is 39.3 Å². The van der Waals surface area contributed by atoms with Gasteiger partial charge >= 0.3 is 16.9 Å². The van der Waals surface area contributed by atoms with Crippen LogP contribution < -0.4 is 41.4 Å². The largest absolute Gasteiger partial charge is 0.422 e. The molecule has 16 aromatic rings. The Hall–Kier alpha value is -12.0. The van der Waals surface area contributed by atoms with Gasteiger partial charge in [0.1, 0.15) is 16.7 Å². The van der Waals surface area contributed by atoms with Crippen molar-refractivity contribution < 1.29 is 13.3 Å². The molecular weight excluding hydrogens is 1320 g/mol. The van der Waals surface area contributed by atoms with Crippen molar-refractivity contribution in [2.24, 2.45) is 0 Å². The first kappa shape index (κ1) is 66.5. The smallest absolute Gasteiger partial charge is 0.344 e. The van der Waals surface area contributed by atoms with Crippen molar-refractivity contribution in [3.63, 3.8) is 0 Å². The minimum Gasteiger partial charge on any atom is -0.422 e. The van der Waals surface area contributed by atoms with Gasteiger partial charge in [-0.1, -0.05) is 115 Å². The van der Waals surface area contributed by atoms with E-state index in [2.05, 4.69) is 242 Å². The van der Waals surface area contributed by atoms with E-state index >= 15 is 0 Å². The van der Waals surface area contributed by atoms with Crippen LogP contribution in [0.4, 0.5) is 51.2 Å². The maximum Gasteiger partial charge on any atom is 0.344 e. The highest BCUT2D eigenvalue weighted by atomic mass is 32.1.